The number of nitrogens with one attached hydrogen (secondary N) is 1. The Kier molecular flexibility index (Phi) is 6.41. The molecule has 1 fully saturated rings. The Morgan fingerprint density at radius 1 is 1.32 bits per heavy atom. The maximum Gasteiger partial charge on any atom is 0.255 e. The maximum atomic E-state index is 13.8. The van der Waals surface area contributed by atoms with Crippen LogP contribution in [0.2, 0.25) is 0 Å². The van der Waals surface area contributed by atoms with Crippen molar-refractivity contribution in [2.45, 2.75) is 26.3 Å². The van der Waals surface area contributed by atoms with E-state index in [1.54, 1.807) is 32.2 Å². The van der Waals surface area contributed by atoms with Gasteiger partial charge in [-0.2, -0.15) is 0 Å². The molecule has 7 nitrogen and oxygen atoms in total. The summed E-state index contributed by atoms with van der Waals surface area (Å²) in [6.07, 6.45) is 0.450. The molecular weight excluding hydrogens is 363 g/mol. The van der Waals surface area contributed by atoms with Crippen molar-refractivity contribution in [1.82, 2.24) is 14.9 Å². The third-order valence-corrected chi connectivity index (χ3v) is 4.90. The van der Waals surface area contributed by atoms with Crippen LogP contribution in [0.4, 0.5) is 10.3 Å². The molecule has 1 amide bonds. The van der Waals surface area contributed by atoms with E-state index in [-0.39, 0.29) is 36.7 Å². The van der Waals surface area contributed by atoms with Crippen LogP contribution < -0.4 is 10.5 Å². The van der Waals surface area contributed by atoms with Gasteiger partial charge in [-0.3, -0.25) is 14.6 Å². The summed E-state index contributed by atoms with van der Waals surface area (Å²) in [4.78, 5) is 35.7. The number of nitrogens with zero attached hydrogens (tertiary/aromatic N) is 3. The minimum absolute atomic E-state index is 0.153. The van der Waals surface area contributed by atoms with Gasteiger partial charge in [-0.05, 0) is 19.4 Å². The Morgan fingerprint density at radius 2 is 2.04 bits per heavy atom. The van der Waals surface area contributed by atoms with Gasteiger partial charge in [-0.1, -0.05) is 18.2 Å². The average Bonchev–Trinajstić information content (AvgIpc) is 2.69. The number of carbonyl (C=O) groups excluding carboxylic acids is 1. The molecule has 1 saturated heterocycles. The van der Waals surface area contributed by atoms with Gasteiger partial charge < -0.3 is 14.5 Å². The number of aryl methyl sites for hydroxylation is 1. The van der Waals surface area contributed by atoms with E-state index >= 15 is 0 Å². The summed E-state index contributed by atoms with van der Waals surface area (Å²) in [5.74, 6) is 0.0502. The molecule has 150 valence electrons. The third kappa shape index (κ3) is 4.75. The van der Waals surface area contributed by atoms with Crippen molar-refractivity contribution in [3.63, 3.8) is 0 Å². The molecule has 3 rings (SSSR count). The number of ether oxygens (including phenoxy) is 1. The molecule has 1 aromatic carbocycles. The summed E-state index contributed by atoms with van der Waals surface area (Å²) in [6.45, 7) is 4.54. The molecule has 0 radical (unpaired) electrons. The van der Waals surface area contributed by atoms with Crippen molar-refractivity contribution in [3.8, 4) is 0 Å². The molecule has 0 saturated carbocycles. The molecule has 2 heterocycles. The molecule has 1 aliphatic heterocycles. The smallest absolute Gasteiger partial charge is 0.255 e. The monoisotopic (exact) mass is 388 g/mol. The van der Waals surface area contributed by atoms with Crippen LogP contribution in [0, 0.1) is 12.7 Å². The molecular formula is C20H25FN4O3. The van der Waals surface area contributed by atoms with Gasteiger partial charge in [0.05, 0.1) is 13.2 Å². The lowest BCUT2D eigenvalue weighted by Crippen LogP contribution is -2.38. The van der Waals surface area contributed by atoms with Crippen LogP contribution in [-0.4, -0.2) is 54.1 Å². The van der Waals surface area contributed by atoms with Crippen LogP contribution >= 0.6 is 0 Å². The molecule has 1 aromatic heterocycles. The van der Waals surface area contributed by atoms with E-state index in [4.69, 9.17) is 4.74 Å². The number of amides is 1. The minimum atomic E-state index is -0.336. The Balaban J connectivity index is 1.62. The summed E-state index contributed by atoms with van der Waals surface area (Å²) >= 11 is 0. The van der Waals surface area contributed by atoms with Gasteiger partial charge in [0.25, 0.3) is 5.56 Å². The second kappa shape index (κ2) is 8.97. The van der Waals surface area contributed by atoms with Crippen molar-refractivity contribution in [2.24, 2.45) is 0 Å². The van der Waals surface area contributed by atoms with E-state index in [1.807, 2.05) is 4.90 Å². The highest BCUT2D eigenvalue weighted by Crippen LogP contribution is 2.13. The van der Waals surface area contributed by atoms with Crippen LogP contribution in [0.25, 0.3) is 0 Å². The lowest BCUT2D eigenvalue weighted by molar-refractivity contribution is -0.130. The predicted octanol–water partition coefficient (Wildman–Crippen LogP) is 1.65. The summed E-state index contributed by atoms with van der Waals surface area (Å²) < 4.78 is 19.1. The number of aromatic nitrogens is 2. The number of aromatic amines is 1. The molecule has 1 aliphatic rings. The summed E-state index contributed by atoms with van der Waals surface area (Å²) in [7, 11) is 1.63. The maximum absolute atomic E-state index is 13.8. The lowest BCUT2D eigenvalue weighted by atomic mass is 10.1. The third-order valence-electron chi connectivity index (χ3n) is 4.90. The zero-order valence-electron chi connectivity index (χ0n) is 16.2. The number of hydrogen-bond donors (Lipinski definition) is 1. The van der Waals surface area contributed by atoms with Crippen LogP contribution in [0.1, 0.15) is 23.2 Å². The van der Waals surface area contributed by atoms with E-state index in [1.165, 1.54) is 11.0 Å². The molecule has 0 atom stereocenters. The van der Waals surface area contributed by atoms with Crippen LogP contribution in [-0.2, 0) is 22.5 Å². The van der Waals surface area contributed by atoms with Gasteiger partial charge in [0.15, 0.2) is 0 Å². The first-order chi connectivity index (χ1) is 13.5. The standard InChI is InChI=1S/C20H25FN4O3/c1-14-16(19(27)23-20(22-14)25-9-11-28-12-10-25)7-8-18(26)24(2)13-15-5-3-4-6-17(15)21/h3-6H,7-13H2,1-2H3,(H,22,23,27). The highest BCUT2D eigenvalue weighted by atomic mass is 19.1. The average molecular weight is 388 g/mol. The fourth-order valence-corrected chi connectivity index (χ4v) is 3.21. The first kappa shape index (κ1) is 20.0. The predicted molar refractivity (Wildman–Crippen MR) is 104 cm³/mol. The van der Waals surface area contributed by atoms with Gasteiger partial charge in [0, 0.05) is 49.9 Å². The van der Waals surface area contributed by atoms with Crippen molar-refractivity contribution >= 4 is 11.9 Å². The van der Waals surface area contributed by atoms with Crippen LogP contribution in [0.3, 0.4) is 0 Å². The van der Waals surface area contributed by atoms with Gasteiger partial charge >= 0.3 is 0 Å². The highest BCUT2D eigenvalue weighted by molar-refractivity contribution is 5.76. The number of benzene rings is 1. The largest absolute Gasteiger partial charge is 0.378 e. The van der Waals surface area contributed by atoms with E-state index in [0.717, 1.165) is 0 Å². The van der Waals surface area contributed by atoms with Crippen LogP contribution in [0.15, 0.2) is 29.1 Å². The molecule has 0 spiro atoms. The number of halogens is 1. The number of H-pyrrole nitrogens is 1. The zero-order chi connectivity index (χ0) is 20.1. The van der Waals surface area contributed by atoms with E-state index in [2.05, 4.69) is 9.97 Å². The van der Waals surface area contributed by atoms with Gasteiger partial charge in [0.2, 0.25) is 11.9 Å². The molecule has 28 heavy (non-hydrogen) atoms. The fraction of sp³-hybridized carbons (Fsp3) is 0.450. The number of morpholine rings is 1. The van der Waals surface area contributed by atoms with Crippen molar-refractivity contribution in [1.29, 1.82) is 0 Å². The van der Waals surface area contributed by atoms with E-state index in [0.29, 0.717) is 49.1 Å². The first-order valence-corrected chi connectivity index (χ1v) is 9.35. The van der Waals surface area contributed by atoms with Crippen molar-refractivity contribution in [3.05, 3.63) is 57.3 Å². The number of anilines is 1. The molecule has 1 N–H and O–H groups in total. The second-order valence-electron chi connectivity index (χ2n) is 6.89. The Bertz CT molecular complexity index is 893. The normalized spacial score (nSPS) is 14.2. The van der Waals surface area contributed by atoms with Gasteiger partial charge in [-0.15, -0.1) is 0 Å². The second-order valence-corrected chi connectivity index (χ2v) is 6.89. The molecule has 0 unspecified atom stereocenters. The number of rotatable bonds is 6. The highest BCUT2D eigenvalue weighted by Gasteiger charge is 2.18. The van der Waals surface area contributed by atoms with E-state index < -0.39 is 0 Å². The van der Waals surface area contributed by atoms with Gasteiger partial charge in [-0.25, -0.2) is 9.37 Å². The summed E-state index contributed by atoms with van der Waals surface area (Å²) in [5, 5.41) is 0. The molecule has 2 aromatic rings. The van der Waals surface area contributed by atoms with Gasteiger partial charge in [0.1, 0.15) is 5.82 Å². The molecule has 8 heteroatoms. The Morgan fingerprint density at radius 3 is 2.71 bits per heavy atom. The Labute approximate surface area is 163 Å². The quantitative estimate of drug-likeness (QED) is 0.814. The minimum Gasteiger partial charge on any atom is -0.378 e. The number of hydrogen-bond acceptors (Lipinski definition) is 5. The zero-order valence-corrected chi connectivity index (χ0v) is 16.2. The summed E-state index contributed by atoms with van der Waals surface area (Å²) in [6, 6.07) is 6.38. The van der Waals surface area contributed by atoms with Crippen LogP contribution in [0.5, 0.6) is 0 Å². The van der Waals surface area contributed by atoms with Crippen molar-refractivity contribution in [2.75, 3.05) is 38.3 Å². The first-order valence-electron chi connectivity index (χ1n) is 9.35. The topological polar surface area (TPSA) is 78.5 Å². The van der Waals surface area contributed by atoms with E-state index in [9.17, 15) is 14.0 Å². The fourth-order valence-electron chi connectivity index (χ4n) is 3.21. The number of carbonyl (C=O) groups is 1. The Hall–Kier alpha value is -2.74. The summed E-state index contributed by atoms with van der Waals surface area (Å²) in [5.41, 5.74) is 1.36. The molecule has 0 bridgehead atoms. The SMILES string of the molecule is Cc1nc(N2CCOCC2)[nH]c(=O)c1CCC(=O)N(C)Cc1ccccc1F. The van der Waals surface area contributed by atoms with Crippen molar-refractivity contribution < 1.29 is 13.9 Å². The lowest BCUT2D eigenvalue weighted by Gasteiger charge is -2.27. The molecule has 0 aliphatic carbocycles.